The van der Waals surface area contributed by atoms with E-state index >= 15 is 0 Å². The molecule has 0 unspecified atom stereocenters. The Morgan fingerprint density at radius 1 is 1.41 bits per heavy atom. The summed E-state index contributed by atoms with van der Waals surface area (Å²) in [5.74, 6) is 1.70. The van der Waals surface area contributed by atoms with Gasteiger partial charge in [-0.05, 0) is 25.0 Å². The van der Waals surface area contributed by atoms with Crippen LogP contribution in [0.5, 0.6) is 0 Å². The van der Waals surface area contributed by atoms with E-state index in [9.17, 15) is 4.39 Å². The van der Waals surface area contributed by atoms with E-state index in [1.54, 1.807) is 12.1 Å². The zero-order valence-corrected chi connectivity index (χ0v) is 9.84. The van der Waals surface area contributed by atoms with Crippen molar-refractivity contribution in [1.29, 1.82) is 0 Å². The lowest BCUT2D eigenvalue weighted by Crippen LogP contribution is -1.96. The molecule has 88 valence electrons. The highest BCUT2D eigenvalue weighted by Crippen LogP contribution is 2.37. The predicted molar refractivity (Wildman–Crippen MR) is 62.6 cm³/mol. The van der Waals surface area contributed by atoms with Crippen molar-refractivity contribution in [1.82, 2.24) is 15.2 Å². The average Bonchev–Trinajstić information content (AvgIpc) is 3.05. The molecule has 2 aromatic rings. The highest BCUT2D eigenvalue weighted by Gasteiger charge is 2.27. The molecule has 3 nitrogen and oxygen atoms in total. The summed E-state index contributed by atoms with van der Waals surface area (Å²) < 4.78 is 13.6. The number of nitrogens with zero attached hydrogens (tertiary/aromatic N) is 2. The van der Waals surface area contributed by atoms with Gasteiger partial charge in [-0.3, -0.25) is 5.10 Å². The fourth-order valence-corrected chi connectivity index (χ4v) is 2.01. The second kappa shape index (κ2) is 4.11. The van der Waals surface area contributed by atoms with E-state index in [1.807, 2.05) is 0 Å². The number of aromatic amines is 1. The summed E-state index contributed by atoms with van der Waals surface area (Å²) in [6, 6.07) is 4.68. The first-order valence-electron chi connectivity index (χ1n) is 5.58. The zero-order valence-electron chi connectivity index (χ0n) is 9.08. The molecular weight excluding hydrogens is 241 g/mol. The van der Waals surface area contributed by atoms with E-state index in [4.69, 9.17) is 11.6 Å². The van der Waals surface area contributed by atoms with Gasteiger partial charge in [0.1, 0.15) is 11.6 Å². The van der Waals surface area contributed by atoms with Crippen molar-refractivity contribution in [3.63, 3.8) is 0 Å². The van der Waals surface area contributed by atoms with Crippen LogP contribution < -0.4 is 0 Å². The third-order valence-electron chi connectivity index (χ3n) is 2.90. The van der Waals surface area contributed by atoms with Crippen molar-refractivity contribution in [3.05, 3.63) is 46.3 Å². The molecule has 1 aromatic carbocycles. The summed E-state index contributed by atoms with van der Waals surface area (Å²) in [6.07, 6.45) is 2.65. The van der Waals surface area contributed by atoms with Crippen molar-refractivity contribution in [2.75, 3.05) is 0 Å². The molecule has 1 N–H and O–H groups in total. The van der Waals surface area contributed by atoms with E-state index in [1.165, 1.54) is 6.07 Å². The van der Waals surface area contributed by atoms with Gasteiger partial charge in [0, 0.05) is 22.9 Å². The van der Waals surface area contributed by atoms with Gasteiger partial charge in [0.15, 0.2) is 5.82 Å². The summed E-state index contributed by atoms with van der Waals surface area (Å²) in [5, 5.41) is 7.40. The number of H-pyrrole nitrogens is 1. The lowest BCUT2D eigenvalue weighted by atomic mass is 10.1. The number of aromatic nitrogens is 3. The molecule has 0 amide bonds. The summed E-state index contributed by atoms with van der Waals surface area (Å²) in [6.45, 7) is 0. The van der Waals surface area contributed by atoms with Gasteiger partial charge in [-0.25, -0.2) is 9.37 Å². The number of benzene rings is 1. The molecule has 1 saturated carbocycles. The third-order valence-corrected chi connectivity index (χ3v) is 3.25. The Labute approximate surface area is 103 Å². The minimum absolute atomic E-state index is 0.304. The first kappa shape index (κ1) is 10.7. The quantitative estimate of drug-likeness (QED) is 0.911. The molecule has 1 aliphatic carbocycles. The highest BCUT2D eigenvalue weighted by molar-refractivity contribution is 6.31. The van der Waals surface area contributed by atoms with Crippen molar-refractivity contribution < 1.29 is 4.39 Å². The first-order valence-corrected chi connectivity index (χ1v) is 5.96. The van der Waals surface area contributed by atoms with Crippen LogP contribution in [0.3, 0.4) is 0 Å². The first-order chi connectivity index (χ1) is 8.24. The lowest BCUT2D eigenvalue weighted by Gasteiger charge is -2.02. The van der Waals surface area contributed by atoms with Crippen LogP contribution in [0.2, 0.25) is 5.02 Å². The van der Waals surface area contributed by atoms with E-state index in [2.05, 4.69) is 15.2 Å². The van der Waals surface area contributed by atoms with Crippen molar-refractivity contribution in [2.45, 2.75) is 25.2 Å². The minimum Gasteiger partial charge on any atom is -0.263 e. The Bertz CT molecular complexity index is 528. The smallest absolute Gasteiger partial charge is 0.153 e. The molecule has 17 heavy (non-hydrogen) atoms. The average molecular weight is 252 g/mol. The number of hydrogen-bond acceptors (Lipinski definition) is 2. The number of hydrogen-bond donors (Lipinski definition) is 1. The van der Waals surface area contributed by atoms with Crippen LogP contribution in [-0.4, -0.2) is 15.2 Å². The van der Waals surface area contributed by atoms with Crippen LogP contribution in [0.25, 0.3) is 0 Å². The zero-order chi connectivity index (χ0) is 11.8. The number of nitrogens with one attached hydrogen (secondary N) is 1. The van der Waals surface area contributed by atoms with E-state index < -0.39 is 0 Å². The Hall–Kier alpha value is -1.42. The molecule has 1 aliphatic rings. The van der Waals surface area contributed by atoms with E-state index in [-0.39, 0.29) is 5.82 Å². The van der Waals surface area contributed by atoms with Crippen molar-refractivity contribution in [2.24, 2.45) is 0 Å². The summed E-state index contributed by atoms with van der Waals surface area (Å²) in [5.41, 5.74) is 0.465. The van der Waals surface area contributed by atoms with E-state index in [0.717, 1.165) is 18.7 Å². The molecule has 0 spiro atoms. The molecule has 0 bridgehead atoms. The normalized spacial score (nSPS) is 15.2. The van der Waals surface area contributed by atoms with Crippen LogP contribution in [0.15, 0.2) is 18.2 Å². The standard InChI is InChI=1S/C12H11ClFN3/c13-9-2-1-3-10(14)8(9)6-11-15-12(17-16-11)7-4-5-7/h1-3,7H,4-6H2,(H,15,16,17). The highest BCUT2D eigenvalue weighted by atomic mass is 35.5. The Morgan fingerprint density at radius 2 is 2.24 bits per heavy atom. The van der Waals surface area contributed by atoms with Crippen LogP contribution >= 0.6 is 11.6 Å². The van der Waals surface area contributed by atoms with Crippen molar-refractivity contribution in [3.8, 4) is 0 Å². The molecule has 0 atom stereocenters. The Kier molecular flexibility index (Phi) is 2.59. The topological polar surface area (TPSA) is 41.6 Å². The summed E-state index contributed by atoms with van der Waals surface area (Å²) in [7, 11) is 0. The second-order valence-electron chi connectivity index (χ2n) is 4.29. The van der Waals surface area contributed by atoms with Crippen LogP contribution in [0.1, 0.15) is 36.0 Å². The molecule has 5 heteroatoms. The van der Waals surface area contributed by atoms with Crippen molar-refractivity contribution >= 4 is 11.6 Å². The third kappa shape index (κ3) is 2.17. The molecule has 0 saturated heterocycles. The SMILES string of the molecule is Fc1cccc(Cl)c1Cc1nc(C2CC2)n[nH]1. The minimum atomic E-state index is -0.304. The maximum atomic E-state index is 13.6. The molecule has 1 fully saturated rings. The number of halogens is 2. The lowest BCUT2D eigenvalue weighted by molar-refractivity contribution is 0.612. The fraction of sp³-hybridized carbons (Fsp3) is 0.333. The molecular formula is C12H11ClFN3. The van der Waals surface area contributed by atoms with Gasteiger partial charge in [-0.2, -0.15) is 5.10 Å². The largest absolute Gasteiger partial charge is 0.263 e. The monoisotopic (exact) mass is 251 g/mol. The van der Waals surface area contributed by atoms with Gasteiger partial charge in [0.05, 0.1) is 0 Å². The van der Waals surface area contributed by atoms with Gasteiger partial charge in [-0.1, -0.05) is 17.7 Å². The summed E-state index contributed by atoms with van der Waals surface area (Å²) in [4.78, 5) is 4.36. The fourth-order valence-electron chi connectivity index (χ4n) is 1.78. The molecule has 0 aliphatic heterocycles. The Morgan fingerprint density at radius 3 is 2.94 bits per heavy atom. The molecule has 0 radical (unpaired) electrons. The van der Waals surface area contributed by atoms with Crippen LogP contribution in [0.4, 0.5) is 4.39 Å². The molecule has 1 heterocycles. The predicted octanol–water partition coefficient (Wildman–Crippen LogP) is 3.07. The Balaban J connectivity index is 1.85. The summed E-state index contributed by atoms with van der Waals surface area (Å²) >= 11 is 5.96. The molecule has 3 rings (SSSR count). The van der Waals surface area contributed by atoms with Crippen LogP contribution in [-0.2, 0) is 6.42 Å². The second-order valence-corrected chi connectivity index (χ2v) is 4.70. The number of rotatable bonds is 3. The van der Waals surface area contributed by atoms with Gasteiger partial charge in [-0.15, -0.1) is 0 Å². The van der Waals surface area contributed by atoms with E-state index in [0.29, 0.717) is 28.7 Å². The van der Waals surface area contributed by atoms with Gasteiger partial charge >= 0.3 is 0 Å². The maximum Gasteiger partial charge on any atom is 0.153 e. The van der Waals surface area contributed by atoms with Gasteiger partial charge in [0.25, 0.3) is 0 Å². The van der Waals surface area contributed by atoms with Crippen LogP contribution in [0, 0.1) is 5.82 Å². The molecule has 1 aromatic heterocycles. The van der Waals surface area contributed by atoms with Gasteiger partial charge in [0.2, 0.25) is 0 Å². The maximum absolute atomic E-state index is 13.6. The van der Waals surface area contributed by atoms with Gasteiger partial charge < -0.3 is 0 Å².